The highest BCUT2D eigenvalue weighted by atomic mass is 32.2. The van der Waals surface area contributed by atoms with Crippen LogP contribution in [-0.2, 0) is 24.4 Å². The van der Waals surface area contributed by atoms with Crippen molar-refractivity contribution in [3.8, 4) is 5.75 Å². The van der Waals surface area contributed by atoms with Crippen LogP contribution in [0.3, 0.4) is 0 Å². The average Bonchev–Trinajstić information content (AvgIpc) is 2.35. The molecular formula is C11H12O7S. The van der Waals surface area contributed by atoms with E-state index < -0.39 is 33.7 Å². The zero-order valence-corrected chi connectivity index (χ0v) is 10.8. The molecule has 0 radical (unpaired) electrons. The summed E-state index contributed by atoms with van der Waals surface area (Å²) < 4.78 is 39.8. The highest BCUT2D eigenvalue weighted by molar-refractivity contribution is 7.87. The van der Waals surface area contributed by atoms with Crippen LogP contribution >= 0.6 is 0 Å². The largest absolute Gasteiger partial charge is 0.468 e. The molecular weight excluding hydrogens is 276 g/mol. The maximum Gasteiger partial charge on any atom is 0.327 e. The molecule has 0 saturated carbocycles. The van der Waals surface area contributed by atoms with Crippen molar-refractivity contribution >= 4 is 22.1 Å². The number of ether oxygens (including phenoxy) is 2. The minimum atomic E-state index is -4.74. The molecule has 0 spiro atoms. The lowest BCUT2D eigenvalue weighted by molar-refractivity contribution is -0.144. The van der Waals surface area contributed by atoms with Crippen LogP contribution in [-0.4, -0.2) is 37.3 Å². The normalized spacial score (nSPS) is 12.5. The van der Waals surface area contributed by atoms with E-state index >= 15 is 0 Å². The summed E-state index contributed by atoms with van der Waals surface area (Å²) in [7, 11) is -3.79. The first-order valence-electron chi connectivity index (χ1n) is 5.14. The predicted octanol–water partition coefficient (Wildman–Crippen LogP) is 0.412. The lowest BCUT2D eigenvalue weighted by Crippen LogP contribution is -2.34. The Morgan fingerprint density at radius 2 is 1.84 bits per heavy atom. The number of esters is 2. The summed E-state index contributed by atoms with van der Waals surface area (Å²) >= 11 is 0. The molecule has 1 aromatic rings. The van der Waals surface area contributed by atoms with Gasteiger partial charge in [0.15, 0.2) is 5.25 Å². The van der Waals surface area contributed by atoms with Crippen molar-refractivity contribution < 1.29 is 32.0 Å². The number of benzene rings is 1. The number of hydrogen-bond donors (Lipinski definition) is 1. The van der Waals surface area contributed by atoms with Gasteiger partial charge >= 0.3 is 11.9 Å². The van der Waals surface area contributed by atoms with Crippen molar-refractivity contribution in [3.05, 3.63) is 30.3 Å². The molecule has 0 aromatic heterocycles. The van der Waals surface area contributed by atoms with Gasteiger partial charge in [0.25, 0.3) is 10.1 Å². The van der Waals surface area contributed by atoms with Crippen LogP contribution in [0.5, 0.6) is 5.75 Å². The Hall–Kier alpha value is -1.93. The average molecular weight is 288 g/mol. The SMILES string of the molecule is COC(=O)C(CC(=O)Oc1ccccc1)S(=O)(=O)O. The molecule has 0 amide bonds. The molecule has 1 N–H and O–H groups in total. The van der Waals surface area contributed by atoms with Crippen LogP contribution < -0.4 is 4.74 Å². The Kier molecular flexibility index (Phi) is 5.02. The van der Waals surface area contributed by atoms with Gasteiger partial charge in [0.2, 0.25) is 0 Å². The molecule has 0 saturated heterocycles. The van der Waals surface area contributed by atoms with Gasteiger partial charge in [-0.1, -0.05) is 18.2 Å². The van der Waals surface area contributed by atoms with Crippen LogP contribution in [0.4, 0.5) is 0 Å². The Balaban J connectivity index is 2.75. The quantitative estimate of drug-likeness (QED) is 0.475. The van der Waals surface area contributed by atoms with Gasteiger partial charge in [0, 0.05) is 0 Å². The third kappa shape index (κ3) is 4.68. The van der Waals surface area contributed by atoms with E-state index in [1.54, 1.807) is 18.2 Å². The van der Waals surface area contributed by atoms with Crippen molar-refractivity contribution in [2.24, 2.45) is 0 Å². The van der Waals surface area contributed by atoms with Gasteiger partial charge < -0.3 is 9.47 Å². The summed E-state index contributed by atoms with van der Waals surface area (Å²) in [6, 6.07) is 7.90. The molecule has 0 heterocycles. The van der Waals surface area contributed by atoms with E-state index in [1.165, 1.54) is 12.1 Å². The summed E-state index contributed by atoms with van der Waals surface area (Å²) in [5.74, 6) is -2.00. The van der Waals surface area contributed by atoms with Gasteiger partial charge in [-0.2, -0.15) is 8.42 Å². The molecule has 1 rings (SSSR count). The first kappa shape index (κ1) is 15.1. The van der Waals surface area contributed by atoms with Crippen LogP contribution in [0.15, 0.2) is 30.3 Å². The molecule has 8 heteroatoms. The second-order valence-corrected chi connectivity index (χ2v) is 5.12. The highest BCUT2D eigenvalue weighted by Crippen LogP contribution is 2.12. The third-order valence-electron chi connectivity index (χ3n) is 2.15. The van der Waals surface area contributed by atoms with Gasteiger partial charge in [-0.15, -0.1) is 0 Å². The molecule has 1 atom stereocenters. The summed E-state index contributed by atoms with van der Waals surface area (Å²) in [5, 5.41) is -1.99. The van der Waals surface area contributed by atoms with Crippen LogP contribution in [0, 0.1) is 0 Å². The van der Waals surface area contributed by atoms with E-state index in [0.717, 1.165) is 7.11 Å². The molecule has 1 unspecified atom stereocenters. The topological polar surface area (TPSA) is 107 Å². The lowest BCUT2D eigenvalue weighted by Gasteiger charge is -2.10. The van der Waals surface area contributed by atoms with Gasteiger partial charge in [0.1, 0.15) is 5.75 Å². The van der Waals surface area contributed by atoms with E-state index in [1.807, 2.05) is 0 Å². The molecule has 0 aliphatic carbocycles. The van der Waals surface area contributed by atoms with Crippen LogP contribution in [0.1, 0.15) is 6.42 Å². The van der Waals surface area contributed by atoms with Gasteiger partial charge in [-0.05, 0) is 12.1 Å². The number of hydrogen-bond acceptors (Lipinski definition) is 6. The van der Waals surface area contributed by atoms with Crippen molar-refractivity contribution in [1.82, 2.24) is 0 Å². The van der Waals surface area contributed by atoms with Crippen LogP contribution in [0.2, 0.25) is 0 Å². The number of carbonyl (C=O) groups is 2. The fourth-order valence-corrected chi connectivity index (χ4v) is 1.94. The molecule has 0 aliphatic heterocycles. The summed E-state index contributed by atoms with van der Waals surface area (Å²) in [4.78, 5) is 22.7. The van der Waals surface area contributed by atoms with Crippen LogP contribution in [0.25, 0.3) is 0 Å². The van der Waals surface area contributed by atoms with Crippen molar-refractivity contribution in [1.29, 1.82) is 0 Å². The van der Waals surface area contributed by atoms with E-state index in [9.17, 15) is 18.0 Å². The second-order valence-electron chi connectivity index (χ2n) is 3.52. The first-order chi connectivity index (χ1) is 8.84. The maximum absolute atomic E-state index is 11.5. The Labute approximate surface area is 109 Å². The standard InChI is InChI=1S/C11H12O7S/c1-17-11(13)9(19(14,15)16)7-10(12)18-8-5-3-2-4-6-8/h2-6,9H,7H2,1H3,(H,14,15,16). The van der Waals surface area contributed by atoms with Gasteiger partial charge in [-0.25, -0.2) is 0 Å². The van der Waals surface area contributed by atoms with E-state index in [2.05, 4.69) is 4.74 Å². The molecule has 0 aliphatic rings. The third-order valence-corrected chi connectivity index (χ3v) is 3.23. The Morgan fingerprint density at radius 3 is 2.32 bits per heavy atom. The molecule has 19 heavy (non-hydrogen) atoms. The zero-order valence-electron chi connectivity index (χ0n) is 9.98. The Morgan fingerprint density at radius 1 is 1.26 bits per heavy atom. The minimum Gasteiger partial charge on any atom is -0.468 e. The lowest BCUT2D eigenvalue weighted by atomic mass is 10.3. The van der Waals surface area contributed by atoms with Crippen molar-refractivity contribution in [3.63, 3.8) is 0 Å². The molecule has 1 aromatic carbocycles. The number of methoxy groups -OCH3 is 1. The van der Waals surface area contributed by atoms with E-state index in [-0.39, 0.29) is 5.75 Å². The van der Waals surface area contributed by atoms with Crippen molar-refractivity contribution in [2.45, 2.75) is 11.7 Å². The van der Waals surface area contributed by atoms with Crippen molar-refractivity contribution in [2.75, 3.05) is 7.11 Å². The van der Waals surface area contributed by atoms with E-state index in [0.29, 0.717) is 0 Å². The summed E-state index contributed by atoms with van der Waals surface area (Å²) in [6.07, 6.45) is -0.833. The number of rotatable bonds is 5. The fourth-order valence-electron chi connectivity index (χ4n) is 1.25. The van der Waals surface area contributed by atoms with Gasteiger partial charge in [0.05, 0.1) is 13.5 Å². The highest BCUT2D eigenvalue weighted by Gasteiger charge is 2.35. The smallest absolute Gasteiger partial charge is 0.327 e. The second kappa shape index (κ2) is 6.30. The molecule has 7 nitrogen and oxygen atoms in total. The monoisotopic (exact) mass is 288 g/mol. The zero-order chi connectivity index (χ0) is 14.5. The minimum absolute atomic E-state index is 0.200. The molecule has 0 bridgehead atoms. The Bertz CT molecular complexity index is 550. The number of carbonyl (C=O) groups excluding carboxylic acids is 2. The first-order valence-corrected chi connectivity index (χ1v) is 6.64. The predicted molar refractivity (Wildman–Crippen MR) is 64.0 cm³/mol. The van der Waals surface area contributed by atoms with E-state index in [4.69, 9.17) is 9.29 Å². The fraction of sp³-hybridized carbons (Fsp3) is 0.273. The molecule has 0 fully saturated rings. The number of para-hydroxylation sites is 1. The molecule has 104 valence electrons. The summed E-state index contributed by atoms with van der Waals surface area (Å²) in [6.45, 7) is 0. The maximum atomic E-state index is 11.5. The summed E-state index contributed by atoms with van der Waals surface area (Å²) in [5.41, 5.74) is 0. The van der Waals surface area contributed by atoms with Gasteiger partial charge in [-0.3, -0.25) is 14.1 Å².